The van der Waals surface area contributed by atoms with E-state index in [1.807, 2.05) is 6.08 Å². The maximum absolute atomic E-state index is 5.46. The van der Waals surface area contributed by atoms with E-state index in [0.29, 0.717) is 0 Å². The van der Waals surface area contributed by atoms with Crippen molar-refractivity contribution < 1.29 is 4.74 Å². The van der Waals surface area contributed by atoms with Crippen LogP contribution >= 0.6 is 0 Å². The average molecular weight is 260 g/mol. The molecule has 3 nitrogen and oxygen atoms in total. The molecule has 0 amide bonds. The summed E-state index contributed by atoms with van der Waals surface area (Å²) in [5, 5.41) is 3.42. The molecule has 0 fully saturated rings. The monoisotopic (exact) mass is 260 g/mol. The number of fused-ring (bicyclic) bond motifs is 1. The second-order valence-electron chi connectivity index (χ2n) is 5.00. The number of ether oxygens (including phenoxy) is 1. The van der Waals surface area contributed by atoms with Gasteiger partial charge >= 0.3 is 0 Å². The van der Waals surface area contributed by atoms with E-state index >= 15 is 0 Å². The quantitative estimate of drug-likeness (QED) is 0.573. The Hall–Kier alpha value is -1.32. The fourth-order valence-electron chi connectivity index (χ4n) is 2.38. The lowest BCUT2D eigenvalue weighted by Crippen LogP contribution is -2.19. The van der Waals surface area contributed by atoms with Crippen LogP contribution in [0.2, 0.25) is 0 Å². The van der Waals surface area contributed by atoms with Gasteiger partial charge in [0.25, 0.3) is 0 Å². The zero-order valence-electron chi connectivity index (χ0n) is 11.8. The summed E-state index contributed by atoms with van der Waals surface area (Å²) in [6.07, 6.45) is 3.98. The molecule has 19 heavy (non-hydrogen) atoms. The molecule has 0 aromatic heterocycles. The third-order valence-electron chi connectivity index (χ3n) is 3.49. The zero-order valence-corrected chi connectivity index (χ0v) is 11.8. The molecular formula is C16H24N2O. The Kier molecular flexibility index (Phi) is 5.43. The Morgan fingerprint density at radius 2 is 2.32 bits per heavy atom. The van der Waals surface area contributed by atoms with Crippen molar-refractivity contribution in [3.8, 4) is 0 Å². The van der Waals surface area contributed by atoms with Gasteiger partial charge in [-0.15, -0.1) is 6.58 Å². The second-order valence-corrected chi connectivity index (χ2v) is 5.00. The summed E-state index contributed by atoms with van der Waals surface area (Å²) < 4.78 is 5.46. The van der Waals surface area contributed by atoms with E-state index in [0.717, 1.165) is 39.3 Å². The van der Waals surface area contributed by atoms with E-state index in [-0.39, 0.29) is 0 Å². The van der Waals surface area contributed by atoms with E-state index < -0.39 is 0 Å². The molecule has 3 heteroatoms. The highest BCUT2D eigenvalue weighted by molar-refractivity contribution is 5.58. The van der Waals surface area contributed by atoms with E-state index in [4.69, 9.17) is 4.74 Å². The molecule has 1 aromatic rings. The zero-order chi connectivity index (χ0) is 13.5. The minimum atomic E-state index is 0.765. The Balaban J connectivity index is 1.68. The van der Waals surface area contributed by atoms with Crippen LogP contribution in [0.25, 0.3) is 0 Å². The van der Waals surface area contributed by atoms with Crippen LogP contribution in [0.3, 0.4) is 0 Å². The van der Waals surface area contributed by atoms with Gasteiger partial charge in [0, 0.05) is 32.4 Å². The molecule has 0 spiro atoms. The number of hydrogen-bond donors (Lipinski definition) is 1. The molecule has 1 heterocycles. The Morgan fingerprint density at radius 3 is 3.16 bits per heavy atom. The summed E-state index contributed by atoms with van der Waals surface area (Å²) in [6, 6.07) is 6.77. The number of benzene rings is 1. The molecule has 2 rings (SSSR count). The number of rotatable bonds is 8. The molecule has 1 N–H and O–H groups in total. The molecule has 1 aromatic carbocycles. The Labute approximate surface area is 116 Å². The lowest BCUT2D eigenvalue weighted by Gasteiger charge is -2.12. The lowest BCUT2D eigenvalue weighted by molar-refractivity contribution is 0.140. The highest BCUT2D eigenvalue weighted by atomic mass is 16.5. The Morgan fingerprint density at radius 1 is 1.42 bits per heavy atom. The molecule has 0 aliphatic carbocycles. The molecule has 0 unspecified atom stereocenters. The predicted octanol–water partition coefficient (Wildman–Crippen LogP) is 2.36. The van der Waals surface area contributed by atoms with E-state index in [1.165, 1.54) is 23.2 Å². The van der Waals surface area contributed by atoms with Gasteiger partial charge < -0.3 is 15.0 Å². The largest absolute Gasteiger partial charge is 0.380 e. The van der Waals surface area contributed by atoms with Crippen LogP contribution < -0.4 is 10.2 Å². The van der Waals surface area contributed by atoms with Crippen LogP contribution in [0.4, 0.5) is 5.69 Å². The molecule has 104 valence electrons. The molecule has 0 atom stereocenters. The summed E-state index contributed by atoms with van der Waals surface area (Å²) in [4.78, 5) is 2.32. The summed E-state index contributed by atoms with van der Waals surface area (Å²) in [7, 11) is 2.16. The van der Waals surface area contributed by atoms with Crippen molar-refractivity contribution in [2.24, 2.45) is 0 Å². The maximum atomic E-state index is 5.46. The van der Waals surface area contributed by atoms with Crippen LogP contribution in [0.5, 0.6) is 0 Å². The van der Waals surface area contributed by atoms with Crippen molar-refractivity contribution in [1.29, 1.82) is 0 Å². The highest BCUT2D eigenvalue weighted by Crippen LogP contribution is 2.27. The van der Waals surface area contributed by atoms with Gasteiger partial charge in [0.1, 0.15) is 0 Å². The van der Waals surface area contributed by atoms with Crippen molar-refractivity contribution in [3.63, 3.8) is 0 Å². The summed E-state index contributed by atoms with van der Waals surface area (Å²) in [5.74, 6) is 0. The normalized spacial score (nSPS) is 13.6. The second kappa shape index (κ2) is 7.31. The van der Waals surface area contributed by atoms with Crippen molar-refractivity contribution in [2.75, 3.05) is 38.3 Å². The van der Waals surface area contributed by atoms with Crippen LogP contribution in [0, 0.1) is 0 Å². The van der Waals surface area contributed by atoms with Gasteiger partial charge in [-0.2, -0.15) is 0 Å². The molecule has 0 bridgehead atoms. The number of nitrogens with zero attached hydrogens (tertiary/aromatic N) is 1. The average Bonchev–Trinajstić information content (AvgIpc) is 2.79. The van der Waals surface area contributed by atoms with Gasteiger partial charge in [-0.3, -0.25) is 0 Å². The smallest absolute Gasteiger partial charge is 0.0591 e. The van der Waals surface area contributed by atoms with Crippen LogP contribution in [0.1, 0.15) is 17.5 Å². The van der Waals surface area contributed by atoms with Gasteiger partial charge in [-0.05, 0) is 30.0 Å². The first-order chi connectivity index (χ1) is 9.31. The highest BCUT2D eigenvalue weighted by Gasteiger charge is 2.15. The van der Waals surface area contributed by atoms with Crippen molar-refractivity contribution in [2.45, 2.75) is 19.4 Å². The van der Waals surface area contributed by atoms with Gasteiger partial charge in [-0.25, -0.2) is 0 Å². The minimum Gasteiger partial charge on any atom is -0.380 e. The van der Waals surface area contributed by atoms with Crippen molar-refractivity contribution in [3.05, 3.63) is 42.0 Å². The third kappa shape index (κ3) is 4.08. The fraction of sp³-hybridized carbons (Fsp3) is 0.500. The molecule has 1 aliphatic rings. The first-order valence-corrected chi connectivity index (χ1v) is 7.03. The van der Waals surface area contributed by atoms with Crippen LogP contribution in [-0.4, -0.2) is 33.4 Å². The summed E-state index contributed by atoms with van der Waals surface area (Å²) in [5.41, 5.74) is 4.22. The van der Waals surface area contributed by atoms with Crippen LogP contribution in [-0.2, 0) is 17.7 Å². The number of anilines is 1. The topological polar surface area (TPSA) is 24.5 Å². The third-order valence-corrected chi connectivity index (χ3v) is 3.49. The molecule has 0 saturated carbocycles. The van der Waals surface area contributed by atoms with E-state index in [9.17, 15) is 0 Å². The predicted molar refractivity (Wildman–Crippen MR) is 80.8 cm³/mol. The minimum absolute atomic E-state index is 0.765. The van der Waals surface area contributed by atoms with E-state index in [2.05, 4.69) is 42.0 Å². The SMILES string of the molecule is C=CCCOCCNCc1ccc2c(c1)CCN2C. The van der Waals surface area contributed by atoms with Gasteiger partial charge in [0.05, 0.1) is 13.2 Å². The molecule has 0 radical (unpaired) electrons. The first-order valence-electron chi connectivity index (χ1n) is 7.03. The van der Waals surface area contributed by atoms with Crippen molar-refractivity contribution >= 4 is 5.69 Å². The Bertz CT molecular complexity index is 417. The number of nitrogens with one attached hydrogen (secondary N) is 1. The van der Waals surface area contributed by atoms with Gasteiger partial charge in [0.15, 0.2) is 0 Å². The maximum Gasteiger partial charge on any atom is 0.0591 e. The molecule has 0 saturated heterocycles. The molecule has 1 aliphatic heterocycles. The first kappa shape index (κ1) is 14.1. The number of likely N-dealkylation sites (N-methyl/N-ethyl adjacent to an activating group) is 1. The van der Waals surface area contributed by atoms with Crippen LogP contribution in [0.15, 0.2) is 30.9 Å². The summed E-state index contributed by atoms with van der Waals surface area (Å²) >= 11 is 0. The number of hydrogen-bond acceptors (Lipinski definition) is 3. The van der Waals surface area contributed by atoms with Gasteiger partial charge in [-0.1, -0.05) is 18.2 Å². The standard InChI is InChI=1S/C16H24N2O/c1-3-4-10-19-11-8-17-13-14-5-6-16-15(12-14)7-9-18(16)2/h3,5-6,12,17H,1,4,7-11,13H2,2H3. The lowest BCUT2D eigenvalue weighted by atomic mass is 10.1. The van der Waals surface area contributed by atoms with Gasteiger partial charge in [0.2, 0.25) is 0 Å². The summed E-state index contributed by atoms with van der Waals surface area (Å²) in [6.45, 7) is 8.17. The van der Waals surface area contributed by atoms with E-state index in [1.54, 1.807) is 0 Å². The fourth-order valence-corrected chi connectivity index (χ4v) is 2.38. The molecular weight excluding hydrogens is 236 g/mol. The van der Waals surface area contributed by atoms with Crippen molar-refractivity contribution in [1.82, 2.24) is 5.32 Å².